The van der Waals surface area contributed by atoms with E-state index in [1.54, 1.807) is 0 Å². The molecule has 60 valence electrons. The predicted octanol–water partition coefficient (Wildman–Crippen LogP) is 0.899. The van der Waals surface area contributed by atoms with E-state index in [4.69, 9.17) is 0 Å². The van der Waals surface area contributed by atoms with Gasteiger partial charge in [0.2, 0.25) is 0 Å². The van der Waals surface area contributed by atoms with Crippen LogP contribution < -0.4 is 5.32 Å². The number of hydrogen-bond acceptors (Lipinski definition) is 2. The normalized spacial score (nSPS) is 30.0. The van der Waals surface area contributed by atoms with Gasteiger partial charge in [-0.1, -0.05) is 13.3 Å². The van der Waals surface area contributed by atoms with Crippen LogP contribution in [0.4, 0.5) is 0 Å². The van der Waals surface area contributed by atoms with Crippen molar-refractivity contribution in [2.45, 2.75) is 44.8 Å². The summed E-state index contributed by atoms with van der Waals surface area (Å²) in [4.78, 5) is 0. The van der Waals surface area contributed by atoms with E-state index in [1.165, 1.54) is 12.8 Å². The second-order valence-corrected chi connectivity index (χ2v) is 3.03. The molecule has 2 atom stereocenters. The zero-order valence-corrected chi connectivity index (χ0v) is 6.64. The van der Waals surface area contributed by atoms with Gasteiger partial charge in [0.25, 0.3) is 0 Å². The molecule has 0 bridgehead atoms. The van der Waals surface area contributed by atoms with Crippen molar-refractivity contribution in [1.29, 1.82) is 0 Å². The van der Waals surface area contributed by atoms with Gasteiger partial charge in [-0.15, -0.1) is 0 Å². The lowest BCUT2D eigenvalue weighted by Gasteiger charge is -2.27. The molecule has 1 aliphatic heterocycles. The number of aliphatic hydroxyl groups excluding tert-OH is 1. The summed E-state index contributed by atoms with van der Waals surface area (Å²) in [5.74, 6) is 0. The summed E-state index contributed by atoms with van der Waals surface area (Å²) in [6.07, 6.45) is 4.44. The van der Waals surface area contributed by atoms with Crippen molar-refractivity contribution in [2.24, 2.45) is 0 Å². The highest BCUT2D eigenvalue weighted by atomic mass is 16.3. The second kappa shape index (κ2) is 3.94. The van der Waals surface area contributed by atoms with Gasteiger partial charge in [-0.2, -0.15) is 0 Å². The molecule has 10 heavy (non-hydrogen) atoms. The van der Waals surface area contributed by atoms with Gasteiger partial charge in [0, 0.05) is 6.04 Å². The SMILES string of the molecule is CC[C@H](O)[C@@H]1CCCCN1. The minimum absolute atomic E-state index is 0.125. The fourth-order valence-electron chi connectivity index (χ4n) is 1.49. The number of rotatable bonds is 2. The first-order chi connectivity index (χ1) is 4.84. The standard InChI is InChI=1S/C8H17NO/c1-2-8(10)7-5-3-4-6-9-7/h7-10H,2-6H2,1H3/t7-,8-/m0/s1. The quantitative estimate of drug-likeness (QED) is 0.602. The zero-order chi connectivity index (χ0) is 7.40. The lowest BCUT2D eigenvalue weighted by Crippen LogP contribution is -2.42. The fourth-order valence-corrected chi connectivity index (χ4v) is 1.49. The summed E-state index contributed by atoms with van der Waals surface area (Å²) in [6.45, 7) is 3.11. The van der Waals surface area contributed by atoms with Crippen molar-refractivity contribution in [3.63, 3.8) is 0 Å². The van der Waals surface area contributed by atoms with Gasteiger partial charge in [-0.3, -0.25) is 0 Å². The maximum Gasteiger partial charge on any atom is 0.0690 e. The summed E-state index contributed by atoms with van der Waals surface area (Å²) in [7, 11) is 0. The van der Waals surface area contributed by atoms with E-state index in [0.29, 0.717) is 6.04 Å². The molecule has 1 fully saturated rings. The zero-order valence-electron chi connectivity index (χ0n) is 6.64. The van der Waals surface area contributed by atoms with Crippen LogP contribution in [-0.2, 0) is 0 Å². The molecule has 0 aliphatic carbocycles. The number of nitrogens with one attached hydrogen (secondary N) is 1. The van der Waals surface area contributed by atoms with E-state index in [9.17, 15) is 5.11 Å². The van der Waals surface area contributed by atoms with Crippen molar-refractivity contribution >= 4 is 0 Å². The van der Waals surface area contributed by atoms with Gasteiger partial charge in [0.1, 0.15) is 0 Å². The van der Waals surface area contributed by atoms with Gasteiger partial charge in [0.15, 0.2) is 0 Å². The average Bonchev–Trinajstić information content (AvgIpc) is 2.05. The third kappa shape index (κ3) is 1.96. The molecule has 0 amide bonds. The summed E-state index contributed by atoms with van der Waals surface area (Å²) in [6, 6.07) is 0.374. The molecule has 0 radical (unpaired) electrons. The number of piperidine rings is 1. The van der Waals surface area contributed by atoms with Crippen LogP contribution in [0.25, 0.3) is 0 Å². The Bertz CT molecular complexity index is 89.3. The molecule has 1 saturated heterocycles. The highest BCUT2D eigenvalue weighted by Gasteiger charge is 2.18. The number of aliphatic hydroxyl groups is 1. The van der Waals surface area contributed by atoms with Crippen LogP contribution in [0, 0.1) is 0 Å². The largest absolute Gasteiger partial charge is 0.392 e. The van der Waals surface area contributed by atoms with E-state index in [2.05, 4.69) is 5.32 Å². The third-order valence-electron chi connectivity index (χ3n) is 2.23. The van der Waals surface area contributed by atoms with Crippen LogP contribution in [0.3, 0.4) is 0 Å². The van der Waals surface area contributed by atoms with Gasteiger partial charge < -0.3 is 10.4 Å². The summed E-state index contributed by atoms with van der Waals surface area (Å²) >= 11 is 0. The summed E-state index contributed by atoms with van der Waals surface area (Å²) in [5.41, 5.74) is 0. The van der Waals surface area contributed by atoms with E-state index in [-0.39, 0.29) is 6.10 Å². The molecule has 2 nitrogen and oxygen atoms in total. The average molecular weight is 143 g/mol. The highest BCUT2D eigenvalue weighted by molar-refractivity contribution is 4.77. The fraction of sp³-hybridized carbons (Fsp3) is 1.00. The summed E-state index contributed by atoms with van der Waals surface area (Å²) in [5, 5.41) is 12.7. The van der Waals surface area contributed by atoms with Crippen LogP contribution in [-0.4, -0.2) is 23.8 Å². The van der Waals surface area contributed by atoms with E-state index in [0.717, 1.165) is 19.4 Å². The highest BCUT2D eigenvalue weighted by Crippen LogP contribution is 2.11. The van der Waals surface area contributed by atoms with Crippen molar-refractivity contribution in [2.75, 3.05) is 6.54 Å². The predicted molar refractivity (Wildman–Crippen MR) is 41.9 cm³/mol. The minimum Gasteiger partial charge on any atom is -0.392 e. The lowest BCUT2D eigenvalue weighted by molar-refractivity contribution is 0.109. The Morgan fingerprint density at radius 2 is 2.40 bits per heavy atom. The maximum atomic E-state index is 9.42. The second-order valence-electron chi connectivity index (χ2n) is 3.03. The van der Waals surface area contributed by atoms with Crippen molar-refractivity contribution in [3.8, 4) is 0 Å². The number of hydrogen-bond donors (Lipinski definition) is 2. The van der Waals surface area contributed by atoms with E-state index >= 15 is 0 Å². The van der Waals surface area contributed by atoms with Crippen molar-refractivity contribution in [3.05, 3.63) is 0 Å². The maximum absolute atomic E-state index is 9.42. The Morgan fingerprint density at radius 1 is 1.60 bits per heavy atom. The van der Waals surface area contributed by atoms with Crippen LogP contribution in [0.15, 0.2) is 0 Å². The Hall–Kier alpha value is -0.0800. The smallest absolute Gasteiger partial charge is 0.0690 e. The van der Waals surface area contributed by atoms with E-state index in [1.807, 2.05) is 6.92 Å². The van der Waals surface area contributed by atoms with Gasteiger partial charge >= 0.3 is 0 Å². The lowest BCUT2D eigenvalue weighted by atomic mass is 9.99. The molecule has 0 aromatic heterocycles. The van der Waals surface area contributed by atoms with Crippen LogP contribution in [0.2, 0.25) is 0 Å². The van der Waals surface area contributed by atoms with Gasteiger partial charge in [-0.25, -0.2) is 0 Å². The molecule has 1 rings (SSSR count). The molecule has 0 spiro atoms. The molecule has 1 heterocycles. The van der Waals surface area contributed by atoms with Crippen molar-refractivity contribution in [1.82, 2.24) is 5.32 Å². The molecule has 1 aliphatic rings. The Morgan fingerprint density at radius 3 is 2.90 bits per heavy atom. The molecule has 0 unspecified atom stereocenters. The Labute approximate surface area is 62.6 Å². The molecular formula is C8H17NO. The monoisotopic (exact) mass is 143 g/mol. The van der Waals surface area contributed by atoms with E-state index < -0.39 is 0 Å². The molecule has 2 heteroatoms. The van der Waals surface area contributed by atoms with Crippen molar-refractivity contribution < 1.29 is 5.11 Å². The van der Waals surface area contributed by atoms with Gasteiger partial charge in [-0.05, 0) is 25.8 Å². The first-order valence-electron chi connectivity index (χ1n) is 4.26. The molecule has 0 aromatic carbocycles. The Balaban J connectivity index is 2.24. The molecular weight excluding hydrogens is 126 g/mol. The first-order valence-corrected chi connectivity index (χ1v) is 4.26. The Kier molecular flexibility index (Phi) is 3.16. The molecule has 0 aromatic rings. The van der Waals surface area contributed by atoms with Gasteiger partial charge in [0.05, 0.1) is 6.10 Å². The van der Waals surface area contributed by atoms with Crippen LogP contribution >= 0.6 is 0 Å². The van der Waals surface area contributed by atoms with Crippen LogP contribution in [0.5, 0.6) is 0 Å². The molecule has 2 N–H and O–H groups in total. The molecule has 0 saturated carbocycles. The first kappa shape index (κ1) is 8.02. The third-order valence-corrected chi connectivity index (χ3v) is 2.23. The van der Waals surface area contributed by atoms with Crippen LogP contribution in [0.1, 0.15) is 32.6 Å². The summed E-state index contributed by atoms with van der Waals surface area (Å²) < 4.78 is 0. The topological polar surface area (TPSA) is 32.3 Å². The minimum atomic E-state index is -0.125.